The van der Waals surface area contributed by atoms with Crippen LogP contribution in [0.1, 0.15) is 17.0 Å². The van der Waals surface area contributed by atoms with Crippen molar-refractivity contribution in [1.29, 1.82) is 0 Å². The van der Waals surface area contributed by atoms with Gasteiger partial charge in [0.1, 0.15) is 5.75 Å². The van der Waals surface area contributed by atoms with Crippen LogP contribution in [0.5, 0.6) is 5.75 Å². The molecule has 4 N–H and O–H groups in total. The second kappa shape index (κ2) is 4.51. The van der Waals surface area contributed by atoms with Crippen LogP contribution < -0.4 is 5.73 Å². The van der Waals surface area contributed by atoms with Gasteiger partial charge in [-0.25, -0.2) is 0 Å². The normalized spacial score (nSPS) is 12.5. The standard InChI is InChI=1S/C10H12ClNO3/c1-5-2-6(11)3-7(9(5)13)8(4-12)10(14)15/h2-3,8,13H,4,12H2,1H3,(H,14,15). The summed E-state index contributed by atoms with van der Waals surface area (Å²) >= 11 is 5.78. The second-order valence-electron chi connectivity index (χ2n) is 3.29. The van der Waals surface area contributed by atoms with Gasteiger partial charge in [0.2, 0.25) is 0 Å². The minimum atomic E-state index is -1.07. The highest BCUT2D eigenvalue weighted by Crippen LogP contribution is 2.31. The van der Waals surface area contributed by atoms with Crippen LogP contribution in [0.3, 0.4) is 0 Å². The van der Waals surface area contributed by atoms with Crippen molar-refractivity contribution in [3.63, 3.8) is 0 Å². The van der Waals surface area contributed by atoms with Gasteiger partial charge in [-0.1, -0.05) is 11.6 Å². The molecule has 0 aliphatic carbocycles. The average molecular weight is 230 g/mol. The van der Waals surface area contributed by atoms with E-state index < -0.39 is 11.9 Å². The highest BCUT2D eigenvalue weighted by atomic mass is 35.5. The maximum atomic E-state index is 10.9. The van der Waals surface area contributed by atoms with Gasteiger partial charge >= 0.3 is 5.97 Å². The number of carboxylic acids is 1. The molecular weight excluding hydrogens is 218 g/mol. The molecule has 5 heteroatoms. The summed E-state index contributed by atoms with van der Waals surface area (Å²) in [6.45, 7) is 1.57. The van der Waals surface area contributed by atoms with Crippen LogP contribution >= 0.6 is 11.6 Å². The number of benzene rings is 1. The summed E-state index contributed by atoms with van der Waals surface area (Å²) in [4.78, 5) is 10.9. The summed E-state index contributed by atoms with van der Waals surface area (Å²) in [6, 6.07) is 2.99. The van der Waals surface area contributed by atoms with Crippen molar-refractivity contribution in [2.45, 2.75) is 12.8 Å². The molecule has 1 aromatic carbocycles. The Morgan fingerprint density at radius 2 is 2.20 bits per heavy atom. The molecule has 1 unspecified atom stereocenters. The van der Waals surface area contributed by atoms with Gasteiger partial charge in [-0.05, 0) is 24.6 Å². The van der Waals surface area contributed by atoms with E-state index in [4.69, 9.17) is 22.4 Å². The van der Waals surface area contributed by atoms with Gasteiger partial charge in [0, 0.05) is 17.1 Å². The predicted molar refractivity (Wildman–Crippen MR) is 57.3 cm³/mol. The van der Waals surface area contributed by atoms with Crippen LogP contribution in [-0.2, 0) is 4.79 Å². The lowest BCUT2D eigenvalue weighted by Gasteiger charge is -2.13. The van der Waals surface area contributed by atoms with Crippen molar-refractivity contribution in [2.24, 2.45) is 5.73 Å². The van der Waals surface area contributed by atoms with Gasteiger partial charge in [0.05, 0.1) is 5.92 Å². The number of carboxylic acid groups (broad SMARTS) is 1. The molecule has 0 amide bonds. The number of rotatable bonds is 3. The maximum absolute atomic E-state index is 10.9. The van der Waals surface area contributed by atoms with Gasteiger partial charge in [-0.15, -0.1) is 0 Å². The van der Waals surface area contributed by atoms with Gasteiger partial charge < -0.3 is 15.9 Å². The molecule has 0 aliphatic heterocycles. The summed E-state index contributed by atoms with van der Waals surface area (Å²) in [7, 11) is 0. The van der Waals surface area contributed by atoms with E-state index in [-0.39, 0.29) is 17.9 Å². The van der Waals surface area contributed by atoms with Crippen LogP contribution in [0.2, 0.25) is 5.02 Å². The molecule has 82 valence electrons. The third-order valence-electron chi connectivity index (χ3n) is 2.20. The van der Waals surface area contributed by atoms with Crippen molar-refractivity contribution in [3.05, 3.63) is 28.3 Å². The van der Waals surface area contributed by atoms with E-state index in [9.17, 15) is 9.90 Å². The Bertz CT molecular complexity index is 392. The number of aliphatic carboxylic acids is 1. The minimum absolute atomic E-state index is 0.0581. The quantitative estimate of drug-likeness (QED) is 0.733. The Kier molecular flexibility index (Phi) is 3.55. The third kappa shape index (κ3) is 2.40. The Balaban J connectivity index is 3.28. The zero-order valence-corrected chi connectivity index (χ0v) is 8.95. The monoisotopic (exact) mass is 229 g/mol. The Morgan fingerprint density at radius 3 is 2.67 bits per heavy atom. The average Bonchev–Trinajstić information content (AvgIpc) is 2.13. The fourth-order valence-electron chi connectivity index (χ4n) is 1.39. The van der Waals surface area contributed by atoms with Crippen LogP contribution in [0.25, 0.3) is 0 Å². The van der Waals surface area contributed by atoms with Crippen molar-refractivity contribution in [1.82, 2.24) is 0 Å². The van der Waals surface area contributed by atoms with Crippen LogP contribution in [-0.4, -0.2) is 22.7 Å². The molecule has 0 heterocycles. The van der Waals surface area contributed by atoms with E-state index in [1.54, 1.807) is 13.0 Å². The van der Waals surface area contributed by atoms with E-state index >= 15 is 0 Å². The lowest BCUT2D eigenvalue weighted by atomic mass is 9.96. The zero-order valence-electron chi connectivity index (χ0n) is 8.20. The smallest absolute Gasteiger partial charge is 0.312 e. The van der Waals surface area contributed by atoms with Gasteiger partial charge in [-0.2, -0.15) is 0 Å². The number of hydrogen-bond donors (Lipinski definition) is 3. The molecule has 1 aromatic rings. The second-order valence-corrected chi connectivity index (χ2v) is 3.72. The fraction of sp³-hybridized carbons (Fsp3) is 0.300. The van der Waals surface area contributed by atoms with E-state index in [0.29, 0.717) is 10.6 Å². The molecule has 1 rings (SSSR count). The molecule has 0 saturated carbocycles. The number of carbonyl (C=O) groups is 1. The lowest BCUT2D eigenvalue weighted by Crippen LogP contribution is -2.21. The van der Waals surface area contributed by atoms with Gasteiger partial charge in [0.15, 0.2) is 0 Å². The number of aromatic hydroxyl groups is 1. The molecule has 1 atom stereocenters. The molecule has 0 aromatic heterocycles. The highest BCUT2D eigenvalue weighted by molar-refractivity contribution is 6.30. The molecule has 0 fully saturated rings. The number of phenolic OH excluding ortho intramolecular Hbond substituents is 1. The molecule has 0 radical (unpaired) electrons. The topological polar surface area (TPSA) is 83.6 Å². The molecule has 0 spiro atoms. The van der Waals surface area contributed by atoms with Crippen molar-refractivity contribution < 1.29 is 15.0 Å². The summed E-state index contributed by atoms with van der Waals surface area (Å²) in [6.07, 6.45) is 0. The molecule has 0 aliphatic rings. The SMILES string of the molecule is Cc1cc(Cl)cc(C(CN)C(=O)O)c1O. The van der Waals surface area contributed by atoms with E-state index in [1.807, 2.05) is 0 Å². The zero-order chi connectivity index (χ0) is 11.6. The molecule has 0 saturated heterocycles. The van der Waals surface area contributed by atoms with E-state index in [1.165, 1.54) is 6.07 Å². The first-order chi connectivity index (χ1) is 6.97. The number of nitrogens with two attached hydrogens (primary N) is 1. The summed E-state index contributed by atoms with van der Waals surface area (Å²) in [5.74, 6) is -2.06. The minimum Gasteiger partial charge on any atom is -0.507 e. The van der Waals surface area contributed by atoms with Gasteiger partial charge in [-0.3, -0.25) is 4.79 Å². The summed E-state index contributed by atoms with van der Waals surface area (Å²) in [5, 5.41) is 19.0. The Labute approximate surface area is 92.3 Å². The largest absolute Gasteiger partial charge is 0.507 e. The number of phenols is 1. The first kappa shape index (κ1) is 11.8. The van der Waals surface area contributed by atoms with Gasteiger partial charge in [0.25, 0.3) is 0 Å². The number of aryl methyl sites for hydroxylation is 1. The molecule has 15 heavy (non-hydrogen) atoms. The predicted octanol–water partition coefficient (Wildman–Crippen LogP) is 1.48. The fourth-order valence-corrected chi connectivity index (χ4v) is 1.67. The van der Waals surface area contributed by atoms with Crippen molar-refractivity contribution >= 4 is 17.6 Å². The highest BCUT2D eigenvalue weighted by Gasteiger charge is 2.22. The first-order valence-corrected chi connectivity index (χ1v) is 4.77. The first-order valence-electron chi connectivity index (χ1n) is 4.39. The maximum Gasteiger partial charge on any atom is 0.312 e. The molecule has 0 bridgehead atoms. The number of hydrogen-bond acceptors (Lipinski definition) is 3. The number of halogens is 1. The van der Waals surface area contributed by atoms with Crippen LogP contribution in [0.15, 0.2) is 12.1 Å². The molecular formula is C10H12ClNO3. The van der Waals surface area contributed by atoms with E-state index in [2.05, 4.69) is 0 Å². The van der Waals surface area contributed by atoms with E-state index in [0.717, 1.165) is 0 Å². The van der Waals surface area contributed by atoms with Crippen LogP contribution in [0.4, 0.5) is 0 Å². The third-order valence-corrected chi connectivity index (χ3v) is 2.42. The van der Waals surface area contributed by atoms with Crippen molar-refractivity contribution in [2.75, 3.05) is 6.54 Å². The van der Waals surface area contributed by atoms with Crippen LogP contribution in [0, 0.1) is 6.92 Å². The Hall–Kier alpha value is -1.26. The van der Waals surface area contributed by atoms with Crippen molar-refractivity contribution in [3.8, 4) is 5.75 Å². The Morgan fingerprint density at radius 1 is 1.60 bits per heavy atom. The lowest BCUT2D eigenvalue weighted by molar-refractivity contribution is -0.138. The summed E-state index contributed by atoms with van der Waals surface area (Å²) < 4.78 is 0. The summed E-state index contributed by atoms with van der Waals surface area (Å²) in [5.41, 5.74) is 6.14. The molecule has 4 nitrogen and oxygen atoms in total.